The molecule has 0 radical (unpaired) electrons. The maximum absolute atomic E-state index is 12.7. The van der Waals surface area contributed by atoms with Crippen molar-refractivity contribution in [2.24, 2.45) is 5.41 Å². The Bertz CT molecular complexity index is 843. The Morgan fingerprint density at radius 1 is 1.38 bits per heavy atom. The zero-order valence-corrected chi connectivity index (χ0v) is 15.8. The van der Waals surface area contributed by atoms with Crippen molar-refractivity contribution in [1.29, 1.82) is 0 Å². The molecule has 2 atom stereocenters. The van der Waals surface area contributed by atoms with Crippen LogP contribution in [0.5, 0.6) is 0 Å². The summed E-state index contributed by atoms with van der Waals surface area (Å²) in [5.74, 6) is 1.94. The van der Waals surface area contributed by atoms with E-state index >= 15 is 0 Å². The van der Waals surface area contributed by atoms with E-state index in [9.17, 15) is 4.79 Å². The molecule has 24 heavy (non-hydrogen) atoms. The largest absolute Gasteiger partial charge is 0.382 e. The number of nitrogen functional groups attached to an aromatic ring is 1. The third-order valence-corrected chi connectivity index (χ3v) is 6.06. The van der Waals surface area contributed by atoms with Crippen molar-refractivity contribution < 1.29 is 4.79 Å². The van der Waals surface area contributed by atoms with Crippen LogP contribution in [-0.2, 0) is 4.79 Å². The summed E-state index contributed by atoms with van der Waals surface area (Å²) < 4.78 is 2.81. The molecule has 7 heteroatoms. The van der Waals surface area contributed by atoms with Crippen molar-refractivity contribution in [2.75, 3.05) is 12.3 Å². The molecule has 1 amide bonds. The quantitative estimate of drug-likeness (QED) is 0.810. The number of halogens is 1. The number of hydrogen-bond acceptors (Lipinski definition) is 4. The molecule has 0 aromatic carbocycles. The second-order valence-corrected chi connectivity index (χ2v) is 8.45. The second-order valence-electron chi connectivity index (χ2n) is 7.70. The number of aryl methyl sites for hydroxylation is 1. The predicted molar refractivity (Wildman–Crippen MR) is 95.7 cm³/mol. The molecule has 0 aliphatic carbocycles. The number of aromatic nitrogens is 3. The third-order valence-electron chi connectivity index (χ3n) is 5.50. The standard InChI is InChI=1S/C17H22BrN5O/c1-9-7-20-14(19)12-13(18)21-15(23(9)12)10-4-5-11-6-17(2,3)16(24)22(11)8-10/h7,10-11H,4-6,8H2,1-3H3,(H2,19,20)/t10-,11+/m1/s1. The fourth-order valence-electron chi connectivity index (χ4n) is 4.31. The van der Waals surface area contributed by atoms with E-state index in [2.05, 4.69) is 44.1 Å². The van der Waals surface area contributed by atoms with Crippen molar-refractivity contribution in [3.8, 4) is 0 Å². The Balaban J connectivity index is 1.75. The van der Waals surface area contributed by atoms with Gasteiger partial charge in [-0.1, -0.05) is 13.8 Å². The van der Waals surface area contributed by atoms with Crippen LogP contribution in [0.2, 0.25) is 0 Å². The molecule has 0 saturated carbocycles. The Kier molecular flexibility index (Phi) is 3.43. The lowest BCUT2D eigenvalue weighted by atomic mass is 9.87. The summed E-state index contributed by atoms with van der Waals surface area (Å²) in [5, 5.41) is 0. The molecular formula is C17H22BrN5O. The van der Waals surface area contributed by atoms with Crippen LogP contribution in [-0.4, -0.2) is 37.8 Å². The van der Waals surface area contributed by atoms with Crippen LogP contribution in [0.15, 0.2) is 10.8 Å². The number of nitrogens with zero attached hydrogens (tertiary/aromatic N) is 4. The first-order chi connectivity index (χ1) is 11.3. The second kappa shape index (κ2) is 5.18. The van der Waals surface area contributed by atoms with Gasteiger partial charge >= 0.3 is 0 Å². The number of anilines is 1. The van der Waals surface area contributed by atoms with Gasteiger partial charge in [0.1, 0.15) is 15.9 Å². The number of rotatable bonds is 1. The molecule has 2 aromatic heterocycles. The molecule has 2 fully saturated rings. The summed E-state index contributed by atoms with van der Waals surface area (Å²) in [6.45, 7) is 6.86. The minimum Gasteiger partial charge on any atom is -0.382 e. The third kappa shape index (κ3) is 2.17. The van der Waals surface area contributed by atoms with Gasteiger partial charge in [0.2, 0.25) is 5.91 Å². The first kappa shape index (κ1) is 15.9. The van der Waals surface area contributed by atoms with Gasteiger partial charge in [-0.15, -0.1) is 0 Å². The van der Waals surface area contributed by atoms with Gasteiger partial charge in [-0.05, 0) is 42.1 Å². The highest BCUT2D eigenvalue weighted by Gasteiger charge is 2.48. The molecule has 2 aromatic rings. The number of carbonyl (C=O) groups is 1. The average molecular weight is 392 g/mol. The van der Waals surface area contributed by atoms with E-state index in [-0.39, 0.29) is 17.2 Å². The van der Waals surface area contributed by atoms with Gasteiger partial charge in [0.15, 0.2) is 5.82 Å². The Labute approximate surface area is 149 Å². The van der Waals surface area contributed by atoms with Crippen LogP contribution in [0.1, 0.15) is 50.5 Å². The Morgan fingerprint density at radius 3 is 2.88 bits per heavy atom. The summed E-state index contributed by atoms with van der Waals surface area (Å²) >= 11 is 3.52. The zero-order chi connectivity index (χ0) is 17.2. The van der Waals surface area contributed by atoms with Crippen LogP contribution in [0.25, 0.3) is 5.52 Å². The Morgan fingerprint density at radius 2 is 2.12 bits per heavy atom. The molecule has 2 aliphatic heterocycles. The van der Waals surface area contributed by atoms with E-state index in [1.807, 2.05) is 6.92 Å². The van der Waals surface area contributed by atoms with Crippen molar-refractivity contribution in [3.05, 3.63) is 22.3 Å². The van der Waals surface area contributed by atoms with Crippen molar-refractivity contribution in [3.63, 3.8) is 0 Å². The van der Waals surface area contributed by atoms with Gasteiger partial charge in [0, 0.05) is 35.8 Å². The Hall–Kier alpha value is -1.63. The van der Waals surface area contributed by atoms with E-state index in [0.717, 1.165) is 47.4 Å². The molecule has 0 bridgehead atoms. The topological polar surface area (TPSA) is 76.5 Å². The first-order valence-electron chi connectivity index (χ1n) is 8.39. The van der Waals surface area contributed by atoms with E-state index in [1.54, 1.807) is 6.20 Å². The van der Waals surface area contributed by atoms with Gasteiger partial charge in [-0.2, -0.15) is 0 Å². The minimum absolute atomic E-state index is 0.221. The fourth-order valence-corrected chi connectivity index (χ4v) is 4.87. The van der Waals surface area contributed by atoms with Crippen LogP contribution in [0.4, 0.5) is 5.82 Å². The molecule has 128 valence electrons. The highest BCUT2D eigenvalue weighted by atomic mass is 79.9. The number of fused-ring (bicyclic) bond motifs is 2. The first-order valence-corrected chi connectivity index (χ1v) is 9.19. The lowest BCUT2D eigenvalue weighted by molar-refractivity contribution is -0.136. The van der Waals surface area contributed by atoms with Gasteiger partial charge in [-0.25, -0.2) is 9.97 Å². The highest BCUT2D eigenvalue weighted by Crippen LogP contribution is 2.43. The van der Waals surface area contributed by atoms with Gasteiger partial charge in [0.05, 0.1) is 0 Å². The average Bonchev–Trinajstić information content (AvgIpc) is 2.99. The molecule has 4 rings (SSSR count). The number of carbonyl (C=O) groups excluding carboxylic acids is 1. The fraction of sp³-hybridized carbons (Fsp3) is 0.588. The maximum Gasteiger partial charge on any atom is 0.228 e. The number of amides is 1. The van der Waals surface area contributed by atoms with Crippen molar-refractivity contribution in [2.45, 2.75) is 52.0 Å². The molecule has 0 unspecified atom stereocenters. The van der Waals surface area contributed by atoms with Crippen LogP contribution < -0.4 is 5.73 Å². The minimum atomic E-state index is -0.237. The summed E-state index contributed by atoms with van der Waals surface area (Å²) in [5.41, 5.74) is 7.63. The van der Waals surface area contributed by atoms with Gasteiger partial charge in [-0.3, -0.25) is 9.20 Å². The smallest absolute Gasteiger partial charge is 0.228 e. The lowest BCUT2D eigenvalue weighted by Crippen LogP contribution is -2.42. The van der Waals surface area contributed by atoms with Crippen molar-refractivity contribution >= 4 is 33.2 Å². The molecule has 4 heterocycles. The van der Waals surface area contributed by atoms with Crippen LogP contribution >= 0.6 is 15.9 Å². The predicted octanol–water partition coefficient (Wildman–Crippen LogP) is 2.89. The number of nitrogens with two attached hydrogens (primary N) is 1. The summed E-state index contributed by atoms with van der Waals surface area (Å²) in [4.78, 5) is 23.7. The van der Waals surface area contributed by atoms with E-state index in [4.69, 9.17) is 10.7 Å². The summed E-state index contributed by atoms with van der Waals surface area (Å²) in [6, 6.07) is 0.381. The molecule has 0 spiro atoms. The lowest BCUT2D eigenvalue weighted by Gasteiger charge is -2.34. The number of imidazole rings is 1. The van der Waals surface area contributed by atoms with Crippen molar-refractivity contribution in [1.82, 2.24) is 19.3 Å². The van der Waals surface area contributed by atoms with Gasteiger partial charge in [0.25, 0.3) is 0 Å². The highest BCUT2D eigenvalue weighted by molar-refractivity contribution is 9.10. The SMILES string of the molecule is Cc1cnc(N)c2c(Br)nc([C@@H]3CC[C@H]4CC(C)(C)C(=O)N4C3)n12. The normalized spacial score (nSPS) is 26.2. The summed E-state index contributed by atoms with van der Waals surface area (Å²) in [6.07, 6.45) is 4.81. The van der Waals surface area contributed by atoms with E-state index < -0.39 is 0 Å². The molecule has 2 saturated heterocycles. The number of piperidine rings is 1. The number of hydrogen-bond donors (Lipinski definition) is 1. The van der Waals surface area contributed by atoms with Crippen LogP contribution in [0.3, 0.4) is 0 Å². The maximum atomic E-state index is 12.7. The van der Waals surface area contributed by atoms with Gasteiger partial charge < -0.3 is 10.6 Å². The van der Waals surface area contributed by atoms with E-state index in [1.165, 1.54) is 0 Å². The zero-order valence-electron chi connectivity index (χ0n) is 14.2. The molecule has 2 aliphatic rings. The molecule has 2 N–H and O–H groups in total. The monoisotopic (exact) mass is 391 g/mol. The molecule has 6 nitrogen and oxygen atoms in total. The summed E-state index contributed by atoms with van der Waals surface area (Å²) in [7, 11) is 0. The molecular weight excluding hydrogens is 370 g/mol. The van der Waals surface area contributed by atoms with E-state index in [0.29, 0.717) is 11.9 Å². The van der Waals surface area contributed by atoms with Crippen LogP contribution in [0, 0.1) is 12.3 Å².